The van der Waals surface area contributed by atoms with Crippen molar-refractivity contribution in [2.45, 2.75) is 33.1 Å². The Morgan fingerprint density at radius 1 is 1.37 bits per heavy atom. The van der Waals surface area contributed by atoms with Crippen LogP contribution in [0.5, 0.6) is 0 Å². The predicted molar refractivity (Wildman–Crippen MR) is 77.7 cm³/mol. The molecule has 0 aliphatic rings. The molecule has 0 atom stereocenters. The molecular weight excluding hydrogens is 238 g/mol. The van der Waals surface area contributed by atoms with Crippen LogP contribution in [-0.2, 0) is 4.79 Å². The number of rotatable bonds is 5. The number of nitrogens with one attached hydrogen (secondary N) is 1. The van der Waals surface area contributed by atoms with Crippen LogP contribution in [0.25, 0.3) is 0 Å². The lowest BCUT2D eigenvalue weighted by atomic mass is 10.0. The fraction of sp³-hybridized carbons (Fsp3) is 0.438. The molecule has 0 fully saturated rings. The van der Waals surface area contributed by atoms with Crippen molar-refractivity contribution < 1.29 is 9.90 Å². The first-order chi connectivity index (χ1) is 9.21. The van der Waals surface area contributed by atoms with E-state index in [2.05, 4.69) is 17.2 Å². The maximum Gasteiger partial charge on any atom is 0.227 e. The summed E-state index contributed by atoms with van der Waals surface area (Å²) in [6.07, 6.45) is 2.15. The Bertz CT molecular complexity index is 467. The zero-order chi connectivity index (χ0) is 14.1. The van der Waals surface area contributed by atoms with Crippen LogP contribution in [0.1, 0.15) is 38.7 Å². The normalized spacial score (nSPS) is 9.89. The maximum atomic E-state index is 12.0. The minimum absolute atomic E-state index is 0.0594. The molecule has 3 heteroatoms. The molecule has 1 rings (SSSR count). The lowest BCUT2D eigenvalue weighted by Crippen LogP contribution is -2.21. The van der Waals surface area contributed by atoms with E-state index >= 15 is 0 Å². The second-order valence-corrected chi connectivity index (χ2v) is 4.36. The third kappa shape index (κ3) is 5.15. The van der Waals surface area contributed by atoms with Crippen LogP contribution in [0.3, 0.4) is 0 Å². The standard InChI is InChI=1S/C16H21NO2/c1-3-14(4-2)16(19)17-15-10-7-9-13(12-15)8-5-6-11-18/h7,9-10,12,14,18H,3-4,6,11H2,1-2H3,(H,17,19). The number of carbonyl (C=O) groups is 1. The fourth-order valence-electron chi connectivity index (χ4n) is 1.80. The molecule has 1 aromatic rings. The third-order valence-electron chi connectivity index (χ3n) is 2.96. The monoisotopic (exact) mass is 259 g/mol. The number of benzene rings is 1. The summed E-state index contributed by atoms with van der Waals surface area (Å²) >= 11 is 0. The molecule has 0 saturated carbocycles. The molecule has 2 N–H and O–H groups in total. The van der Waals surface area contributed by atoms with Gasteiger partial charge in [-0.2, -0.15) is 0 Å². The summed E-state index contributed by atoms with van der Waals surface area (Å²) in [7, 11) is 0. The molecule has 0 spiro atoms. The van der Waals surface area contributed by atoms with Crippen LogP contribution in [0.2, 0.25) is 0 Å². The first-order valence-corrected chi connectivity index (χ1v) is 6.71. The van der Waals surface area contributed by atoms with Gasteiger partial charge in [0.15, 0.2) is 0 Å². The third-order valence-corrected chi connectivity index (χ3v) is 2.96. The summed E-state index contributed by atoms with van der Waals surface area (Å²) in [5.41, 5.74) is 1.61. The van der Waals surface area contributed by atoms with Crippen molar-refractivity contribution in [1.29, 1.82) is 0 Å². The summed E-state index contributed by atoms with van der Waals surface area (Å²) in [4.78, 5) is 12.0. The van der Waals surface area contributed by atoms with Gasteiger partial charge in [-0.15, -0.1) is 0 Å². The lowest BCUT2D eigenvalue weighted by Gasteiger charge is -2.12. The fourth-order valence-corrected chi connectivity index (χ4v) is 1.80. The van der Waals surface area contributed by atoms with Gasteiger partial charge in [0.25, 0.3) is 0 Å². The highest BCUT2D eigenvalue weighted by atomic mass is 16.2. The van der Waals surface area contributed by atoms with E-state index in [1.807, 2.05) is 38.1 Å². The molecule has 102 valence electrons. The molecule has 1 amide bonds. The van der Waals surface area contributed by atoms with E-state index in [0.29, 0.717) is 6.42 Å². The van der Waals surface area contributed by atoms with Crippen molar-refractivity contribution >= 4 is 11.6 Å². The summed E-state index contributed by atoms with van der Waals surface area (Å²) in [5.74, 6) is 5.94. The molecule has 0 aliphatic heterocycles. The Balaban J connectivity index is 2.72. The van der Waals surface area contributed by atoms with E-state index in [-0.39, 0.29) is 18.4 Å². The van der Waals surface area contributed by atoms with E-state index in [9.17, 15) is 4.79 Å². The van der Waals surface area contributed by atoms with Gasteiger partial charge in [-0.05, 0) is 31.0 Å². The second-order valence-electron chi connectivity index (χ2n) is 4.36. The molecule has 19 heavy (non-hydrogen) atoms. The zero-order valence-electron chi connectivity index (χ0n) is 11.6. The molecule has 0 aliphatic carbocycles. The van der Waals surface area contributed by atoms with E-state index in [1.165, 1.54) is 0 Å². The van der Waals surface area contributed by atoms with Crippen molar-refractivity contribution in [3.8, 4) is 11.8 Å². The number of carbonyl (C=O) groups excluding carboxylic acids is 1. The molecule has 0 bridgehead atoms. The Hall–Kier alpha value is -1.79. The Morgan fingerprint density at radius 2 is 2.11 bits per heavy atom. The van der Waals surface area contributed by atoms with Crippen molar-refractivity contribution in [3.05, 3.63) is 29.8 Å². The second kappa shape index (κ2) is 8.34. The van der Waals surface area contributed by atoms with E-state index in [0.717, 1.165) is 24.1 Å². The lowest BCUT2D eigenvalue weighted by molar-refractivity contribution is -0.120. The summed E-state index contributed by atoms with van der Waals surface area (Å²) in [5, 5.41) is 11.6. The summed E-state index contributed by atoms with van der Waals surface area (Å²) < 4.78 is 0. The van der Waals surface area contributed by atoms with Crippen molar-refractivity contribution in [1.82, 2.24) is 0 Å². The van der Waals surface area contributed by atoms with Crippen LogP contribution in [0.15, 0.2) is 24.3 Å². The molecule has 3 nitrogen and oxygen atoms in total. The number of hydrogen-bond donors (Lipinski definition) is 2. The van der Waals surface area contributed by atoms with Gasteiger partial charge in [0, 0.05) is 23.6 Å². The van der Waals surface area contributed by atoms with Gasteiger partial charge in [0.05, 0.1) is 6.61 Å². The van der Waals surface area contributed by atoms with Gasteiger partial charge >= 0.3 is 0 Å². The van der Waals surface area contributed by atoms with Crippen molar-refractivity contribution in [2.75, 3.05) is 11.9 Å². The molecule has 1 aromatic carbocycles. The van der Waals surface area contributed by atoms with Crippen LogP contribution < -0.4 is 5.32 Å². The van der Waals surface area contributed by atoms with E-state index in [4.69, 9.17) is 5.11 Å². The number of amides is 1. The average molecular weight is 259 g/mol. The Kier molecular flexibility index (Phi) is 6.70. The Labute approximate surface area is 115 Å². The molecule has 0 saturated heterocycles. The van der Waals surface area contributed by atoms with Gasteiger partial charge in [-0.1, -0.05) is 31.8 Å². The zero-order valence-corrected chi connectivity index (χ0v) is 11.6. The van der Waals surface area contributed by atoms with Crippen LogP contribution in [-0.4, -0.2) is 17.6 Å². The topological polar surface area (TPSA) is 49.3 Å². The van der Waals surface area contributed by atoms with E-state index in [1.54, 1.807) is 0 Å². The number of aliphatic hydroxyl groups is 1. The first kappa shape index (κ1) is 15.3. The molecule has 0 unspecified atom stereocenters. The van der Waals surface area contributed by atoms with Crippen molar-refractivity contribution in [2.24, 2.45) is 5.92 Å². The highest BCUT2D eigenvalue weighted by Gasteiger charge is 2.13. The maximum absolute atomic E-state index is 12.0. The highest BCUT2D eigenvalue weighted by Crippen LogP contribution is 2.14. The summed E-state index contributed by atoms with van der Waals surface area (Å²) in [6.45, 7) is 4.10. The Morgan fingerprint density at radius 3 is 2.74 bits per heavy atom. The average Bonchev–Trinajstić information content (AvgIpc) is 2.41. The SMILES string of the molecule is CCC(CC)C(=O)Nc1cccc(C#CCCO)c1. The van der Waals surface area contributed by atoms with Gasteiger partial charge in [0.2, 0.25) is 5.91 Å². The molecule has 0 heterocycles. The quantitative estimate of drug-likeness (QED) is 0.799. The minimum Gasteiger partial charge on any atom is -0.395 e. The smallest absolute Gasteiger partial charge is 0.227 e. The van der Waals surface area contributed by atoms with Crippen LogP contribution in [0, 0.1) is 17.8 Å². The molecular formula is C16H21NO2. The van der Waals surface area contributed by atoms with Crippen molar-refractivity contribution in [3.63, 3.8) is 0 Å². The summed E-state index contributed by atoms with van der Waals surface area (Å²) in [6, 6.07) is 7.46. The number of anilines is 1. The van der Waals surface area contributed by atoms with Gasteiger partial charge < -0.3 is 10.4 Å². The van der Waals surface area contributed by atoms with E-state index < -0.39 is 0 Å². The molecule has 0 aromatic heterocycles. The van der Waals surface area contributed by atoms with Gasteiger partial charge in [0.1, 0.15) is 0 Å². The number of aliphatic hydroxyl groups excluding tert-OH is 1. The van der Waals surface area contributed by atoms with Crippen LogP contribution >= 0.6 is 0 Å². The van der Waals surface area contributed by atoms with Gasteiger partial charge in [-0.3, -0.25) is 4.79 Å². The number of hydrogen-bond acceptors (Lipinski definition) is 2. The predicted octanol–water partition coefficient (Wildman–Crippen LogP) is 2.80. The highest BCUT2D eigenvalue weighted by molar-refractivity contribution is 5.92. The van der Waals surface area contributed by atoms with Crippen LogP contribution in [0.4, 0.5) is 5.69 Å². The first-order valence-electron chi connectivity index (χ1n) is 6.71. The van der Waals surface area contributed by atoms with Gasteiger partial charge in [-0.25, -0.2) is 0 Å². The largest absolute Gasteiger partial charge is 0.395 e. The minimum atomic E-state index is 0.0594. The molecule has 0 radical (unpaired) electrons.